The molecule has 1 aliphatic carbocycles. The van der Waals surface area contributed by atoms with Crippen molar-refractivity contribution in [3.05, 3.63) is 108 Å². The predicted molar refractivity (Wildman–Crippen MR) is 255 cm³/mol. The van der Waals surface area contributed by atoms with Crippen LogP contribution in [0.3, 0.4) is 0 Å². The molecule has 5 aromatic rings. The van der Waals surface area contributed by atoms with Gasteiger partial charge in [0.1, 0.15) is 12.4 Å². The molecule has 1 saturated carbocycles. The zero-order chi connectivity index (χ0) is 48.0. The average Bonchev–Trinajstić information content (AvgIpc) is 3.89. The maximum atomic E-state index is 14.6. The van der Waals surface area contributed by atoms with Crippen LogP contribution in [-0.2, 0) is 25.6 Å². The van der Waals surface area contributed by atoms with Gasteiger partial charge in [0, 0.05) is 76.5 Å². The van der Waals surface area contributed by atoms with Crippen molar-refractivity contribution in [2.75, 3.05) is 80.9 Å². The van der Waals surface area contributed by atoms with Crippen molar-refractivity contribution in [2.45, 2.75) is 62.7 Å². The van der Waals surface area contributed by atoms with Crippen LogP contribution in [0.15, 0.2) is 85.5 Å². The van der Waals surface area contributed by atoms with Crippen LogP contribution >= 0.6 is 0 Å². The maximum absolute atomic E-state index is 14.6. The van der Waals surface area contributed by atoms with E-state index in [0.717, 1.165) is 61.8 Å². The quantitative estimate of drug-likeness (QED) is 0.147. The molecule has 10 aliphatic rings. The van der Waals surface area contributed by atoms with E-state index in [9.17, 15) is 33.9 Å². The Hall–Kier alpha value is -7.33. The van der Waals surface area contributed by atoms with Gasteiger partial charge in [0.25, 0.3) is 11.8 Å². The summed E-state index contributed by atoms with van der Waals surface area (Å²) in [5, 5.41) is 22.2. The third-order valence-corrected chi connectivity index (χ3v) is 14.5. The second kappa shape index (κ2) is 18.9. The number of benzene rings is 3. The highest BCUT2D eigenvalue weighted by molar-refractivity contribution is 6.24. The van der Waals surface area contributed by atoms with Crippen molar-refractivity contribution in [3.63, 3.8) is 0 Å². The molecule has 3 saturated heterocycles. The molecule has 21 heteroatoms. The molecule has 0 unspecified atom stereocenters. The van der Waals surface area contributed by atoms with E-state index in [1.54, 1.807) is 22.6 Å². The maximum Gasteiger partial charge on any atom is 0.329 e. The largest absolute Gasteiger partial charge is 0.480 e. The smallest absolute Gasteiger partial charge is 0.329 e. The normalized spacial score (nSPS) is 25.4. The van der Waals surface area contributed by atoms with Crippen molar-refractivity contribution < 1.29 is 33.9 Å². The van der Waals surface area contributed by atoms with Crippen LogP contribution in [0.4, 0.5) is 17.2 Å². The van der Waals surface area contributed by atoms with E-state index in [1.807, 2.05) is 64.2 Å². The lowest BCUT2D eigenvalue weighted by Gasteiger charge is -2.48. The second-order valence-corrected chi connectivity index (χ2v) is 18.8. The van der Waals surface area contributed by atoms with Crippen LogP contribution in [0.2, 0.25) is 0 Å². The summed E-state index contributed by atoms with van der Waals surface area (Å²) in [6, 6.07) is 19.1. The standard InChI is InChI=1S/C49H54N14O7/c64-39-15-14-38(46(66)54-39)61-47(67)37-9-4-8-36(41(37)48(61)68)43(49(69)70)63-59-24-20-57(21-25-59)17-5-16-56-18-22-58(23-19-56)33-10-12-34(13-11-33)62(63)55-44-42-45(51-29-50-44)60(30-52-42)35-27-32(28-35)53-40(65)26-31-6-2-1-3-7-31/h1-4,6-13,29-30,32,35,38,43H,5,14-28H2,(H,53,65)(H,69,70)(H,50,51,55)(H,54,64,66)/t32?,35?,38-,43-/m0/s1. The number of anilines is 3. The number of nitrogens with one attached hydrogen (secondary N) is 3. The van der Waals surface area contributed by atoms with Crippen LogP contribution in [0, 0.1) is 0 Å². The monoisotopic (exact) mass is 950 g/mol. The Bertz CT molecular complexity index is 2840. The molecule has 2 atom stereocenters. The number of nitrogens with zero attached hydrogens (tertiary/aromatic N) is 11. The minimum atomic E-state index is -1.62. The Balaban J connectivity index is 0.968. The number of amides is 5. The summed E-state index contributed by atoms with van der Waals surface area (Å²) in [6.07, 6.45) is 5.66. The number of piperazine rings is 2. The number of carbonyl (C=O) groups excluding carboxylic acids is 5. The summed E-state index contributed by atoms with van der Waals surface area (Å²) in [6.45, 7) is 7.51. The fourth-order valence-corrected chi connectivity index (χ4v) is 10.8. The molecule has 4 fully saturated rings. The molecule has 362 valence electrons. The first kappa shape index (κ1) is 45.1. The highest BCUT2D eigenvalue weighted by Gasteiger charge is 2.49. The first-order valence-corrected chi connectivity index (χ1v) is 24.1. The molecule has 4 N–H and O–H groups in total. The number of carboxylic acid groups (broad SMARTS) is 1. The number of aromatic nitrogens is 4. The highest BCUT2D eigenvalue weighted by Crippen LogP contribution is 2.39. The van der Waals surface area contributed by atoms with Gasteiger partial charge in [-0.2, -0.15) is 0 Å². The predicted octanol–water partition coefficient (Wildman–Crippen LogP) is 2.22. The molecular formula is C49H54N14O7. The van der Waals surface area contributed by atoms with E-state index in [-0.39, 0.29) is 53.3 Å². The van der Waals surface area contributed by atoms with Gasteiger partial charge in [-0.25, -0.2) is 25.1 Å². The van der Waals surface area contributed by atoms with Crippen molar-refractivity contribution in [1.29, 1.82) is 0 Å². The van der Waals surface area contributed by atoms with E-state index < -0.39 is 41.7 Å². The third kappa shape index (κ3) is 8.58. The SMILES string of the molecule is O=C1CC[C@H](N2C(=O)c3cccc([C@@H](C(=O)O)N4N5CCN(CCCN6CCN(CC6)c6ccc(cc6)N4Nc4ncnc6c4ncn6C4CC(NC(=O)Cc6ccccc6)C4)CC5)c3C2=O)C(=O)N1. The molecule has 2 aromatic heterocycles. The summed E-state index contributed by atoms with van der Waals surface area (Å²) in [5.74, 6) is -3.89. The molecular weight excluding hydrogens is 897 g/mol. The van der Waals surface area contributed by atoms with Gasteiger partial charge in [0.15, 0.2) is 23.0 Å². The Morgan fingerprint density at radius 1 is 0.771 bits per heavy atom. The second-order valence-electron chi connectivity index (χ2n) is 18.8. The van der Waals surface area contributed by atoms with Crippen molar-refractivity contribution in [2.24, 2.45) is 0 Å². The number of imidazole rings is 1. The van der Waals surface area contributed by atoms with Gasteiger partial charge in [0.2, 0.25) is 17.7 Å². The van der Waals surface area contributed by atoms with Gasteiger partial charge >= 0.3 is 5.97 Å². The number of carboxylic acids is 1. The number of hydrogen-bond donors (Lipinski definition) is 4. The Labute approximate surface area is 402 Å². The number of piperidine rings is 1. The van der Waals surface area contributed by atoms with Gasteiger partial charge in [0.05, 0.1) is 29.6 Å². The molecule has 0 radical (unpaired) electrons. The van der Waals surface area contributed by atoms with Gasteiger partial charge in [-0.3, -0.25) is 49.3 Å². The molecule has 5 amide bonds. The van der Waals surface area contributed by atoms with E-state index in [0.29, 0.717) is 62.3 Å². The van der Waals surface area contributed by atoms with Crippen LogP contribution in [-0.4, -0.2) is 162 Å². The van der Waals surface area contributed by atoms with Crippen molar-refractivity contribution >= 4 is 63.9 Å². The third-order valence-electron chi connectivity index (χ3n) is 14.5. The van der Waals surface area contributed by atoms with Crippen LogP contribution < -0.4 is 26.1 Å². The van der Waals surface area contributed by atoms with Gasteiger partial charge in [-0.1, -0.05) is 42.5 Å². The fourth-order valence-electron chi connectivity index (χ4n) is 10.8. The number of carbonyl (C=O) groups is 6. The lowest BCUT2D eigenvalue weighted by atomic mass is 9.86. The summed E-state index contributed by atoms with van der Waals surface area (Å²) in [7, 11) is 0. The molecule has 3 aromatic carbocycles. The van der Waals surface area contributed by atoms with Crippen LogP contribution in [0.1, 0.15) is 76.0 Å². The summed E-state index contributed by atoms with van der Waals surface area (Å²) in [5.41, 5.74) is 6.83. The van der Waals surface area contributed by atoms with Gasteiger partial charge < -0.3 is 24.8 Å². The molecule has 11 heterocycles. The highest BCUT2D eigenvalue weighted by atomic mass is 16.4. The van der Waals surface area contributed by atoms with E-state index in [1.165, 1.54) is 18.5 Å². The molecule has 0 spiro atoms. The first-order valence-electron chi connectivity index (χ1n) is 24.1. The summed E-state index contributed by atoms with van der Waals surface area (Å²) in [4.78, 5) is 103. The van der Waals surface area contributed by atoms with Crippen molar-refractivity contribution in [3.8, 4) is 0 Å². The molecule has 9 aliphatic heterocycles. The molecule has 6 bridgehead atoms. The van der Waals surface area contributed by atoms with E-state index in [4.69, 9.17) is 9.97 Å². The van der Waals surface area contributed by atoms with Crippen LogP contribution in [0.25, 0.3) is 11.2 Å². The zero-order valence-electron chi connectivity index (χ0n) is 38.5. The van der Waals surface area contributed by atoms with E-state index >= 15 is 0 Å². The number of hydrazine groups is 3. The van der Waals surface area contributed by atoms with Crippen molar-refractivity contribution in [1.82, 2.24) is 55.0 Å². The lowest BCUT2D eigenvalue weighted by molar-refractivity contribution is -0.159. The van der Waals surface area contributed by atoms with Crippen LogP contribution in [0.5, 0.6) is 0 Å². The van der Waals surface area contributed by atoms with E-state index in [2.05, 4.69) is 35.7 Å². The average molecular weight is 951 g/mol. The van der Waals surface area contributed by atoms with Gasteiger partial charge in [-0.15, -0.1) is 5.12 Å². The first-order chi connectivity index (χ1) is 34.1. The summed E-state index contributed by atoms with van der Waals surface area (Å²) < 4.78 is 1.98. The molecule has 70 heavy (non-hydrogen) atoms. The number of hydrogen-bond acceptors (Lipinski definition) is 16. The topological polar surface area (TPSA) is 225 Å². The Morgan fingerprint density at radius 2 is 1.49 bits per heavy atom. The number of rotatable bonds is 10. The Kier molecular flexibility index (Phi) is 12.2. The fraction of sp³-hybridized carbons (Fsp3) is 0.408. The minimum absolute atomic E-state index is 0.000628. The molecule has 15 rings (SSSR count). The summed E-state index contributed by atoms with van der Waals surface area (Å²) >= 11 is 0. The number of fused-ring (bicyclic) bond motifs is 3. The number of aliphatic carboxylic acids is 1. The lowest BCUT2D eigenvalue weighted by Crippen LogP contribution is -2.63. The number of imide groups is 2. The minimum Gasteiger partial charge on any atom is -0.480 e. The molecule has 21 nitrogen and oxygen atoms in total. The Morgan fingerprint density at radius 3 is 2.20 bits per heavy atom. The van der Waals surface area contributed by atoms with Gasteiger partial charge in [-0.05, 0) is 80.2 Å². The zero-order valence-corrected chi connectivity index (χ0v) is 38.5.